The predicted octanol–water partition coefficient (Wildman–Crippen LogP) is 2.94. The van der Waals surface area contributed by atoms with Crippen molar-refractivity contribution in [2.45, 2.75) is 66.2 Å². The topological polar surface area (TPSA) is 129 Å². The highest BCUT2D eigenvalue weighted by Gasteiger charge is 2.39. The summed E-state index contributed by atoms with van der Waals surface area (Å²) in [5, 5.41) is 8.29. The highest BCUT2D eigenvalue weighted by molar-refractivity contribution is 7.20. The van der Waals surface area contributed by atoms with Crippen molar-refractivity contribution in [3.05, 3.63) is 61.1 Å². The Bertz CT molecular complexity index is 1530. The maximum Gasteiger partial charge on any atom is 0.348 e. The van der Waals surface area contributed by atoms with E-state index in [2.05, 4.69) is 0 Å². The summed E-state index contributed by atoms with van der Waals surface area (Å²) in [4.78, 5) is 56.5. The van der Waals surface area contributed by atoms with Crippen molar-refractivity contribution in [2.24, 2.45) is 0 Å². The number of aliphatic hydroxyl groups excluding tert-OH is 1. The van der Waals surface area contributed by atoms with Crippen LogP contribution in [0.1, 0.15) is 55.4 Å². The molecule has 0 bridgehead atoms. The van der Waals surface area contributed by atoms with Crippen LogP contribution in [0.15, 0.2) is 33.9 Å². The number of amides is 1. The summed E-state index contributed by atoms with van der Waals surface area (Å²) in [7, 11) is 1.58. The number of aliphatic hydroxyl groups is 1. The normalized spacial score (nSPS) is 13.6. The van der Waals surface area contributed by atoms with E-state index in [0.717, 1.165) is 21.5 Å². The fourth-order valence-corrected chi connectivity index (χ4v) is 6.03. The van der Waals surface area contributed by atoms with E-state index in [1.807, 2.05) is 24.3 Å². The molecule has 0 spiro atoms. The fourth-order valence-electron chi connectivity index (χ4n) is 4.82. The smallest absolute Gasteiger partial charge is 0.348 e. The Labute approximate surface area is 249 Å². The molecule has 3 aromatic rings. The quantitative estimate of drug-likeness (QED) is 0.389. The van der Waals surface area contributed by atoms with E-state index in [1.54, 1.807) is 53.6 Å². The number of fused-ring (bicyclic) bond motifs is 1. The summed E-state index contributed by atoms with van der Waals surface area (Å²) in [6.07, 6.45) is 0.265. The minimum absolute atomic E-state index is 0.167. The number of methoxy groups -OCH3 is 1. The molecule has 3 heterocycles. The number of hydrogen-bond donors (Lipinski definition) is 1. The maximum atomic E-state index is 14.0. The summed E-state index contributed by atoms with van der Waals surface area (Å²) >= 11 is 1.06. The standard InChI is InChI=1S/C27H33N3O7S.C3H8O/c1-6-37-24(32)21-17(2)20-22(31)30(27(3,4)25(33)28-13-15-36-16-14-28)26(34)29(23(20)38-21)12-11-18-9-7-8-10-19(18)35-5;1-3(2)4/h7-10H,6,11-16H2,1-5H3;3-4H,1-2H3. The van der Waals surface area contributed by atoms with Gasteiger partial charge in [0, 0.05) is 25.7 Å². The number of aromatic nitrogens is 2. The van der Waals surface area contributed by atoms with E-state index < -0.39 is 22.8 Å². The third kappa shape index (κ3) is 6.93. The molecule has 0 saturated carbocycles. The van der Waals surface area contributed by atoms with Gasteiger partial charge in [-0.3, -0.25) is 14.2 Å². The Morgan fingerprint density at radius 3 is 2.36 bits per heavy atom. The van der Waals surface area contributed by atoms with Gasteiger partial charge in [0.2, 0.25) is 5.91 Å². The predicted molar refractivity (Wildman–Crippen MR) is 162 cm³/mol. The van der Waals surface area contributed by atoms with Crippen molar-refractivity contribution >= 4 is 33.4 Å². The zero-order valence-corrected chi connectivity index (χ0v) is 26.2. The number of aryl methyl sites for hydroxylation is 3. The van der Waals surface area contributed by atoms with Crippen molar-refractivity contribution in [2.75, 3.05) is 40.0 Å². The summed E-state index contributed by atoms with van der Waals surface area (Å²) in [5.74, 6) is -0.207. The van der Waals surface area contributed by atoms with Crippen LogP contribution in [0.2, 0.25) is 0 Å². The van der Waals surface area contributed by atoms with Crippen molar-refractivity contribution in [1.82, 2.24) is 14.0 Å². The first-order chi connectivity index (χ1) is 19.9. The molecule has 230 valence electrons. The van der Waals surface area contributed by atoms with Gasteiger partial charge in [-0.25, -0.2) is 14.2 Å². The molecule has 0 radical (unpaired) electrons. The second-order valence-electron chi connectivity index (χ2n) is 10.7. The summed E-state index contributed by atoms with van der Waals surface area (Å²) in [6, 6.07) is 7.50. The number of para-hydroxylation sites is 1. The molecule has 12 heteroatoms. The second kappa shape index (κ2) is 14.1. The van der Waals surface area contributed by atoms with Crippen LogP contribution in [-0.4, -0.2) is 77.1 Å². The molecule has 42 heavy (non-hydrogen) atoms. The van der Waals surface area contributed by atoms with E-state index in [-0.39, 0.29) is 35.4 Å². The van der Waals surface area contributed by atoms with E-state index in [4.69, 9.17) is 19.3 Å². The Morgan fingerprint density at radius 2 is 1.76 bits per heavy atom. The lowest BCUT2D eigenvalue weighted by atomic mass is 10.0. The summed E-state index contributed by atoms with van der Waals surface area (Å²) < 4.78 is 18.6. The lowest BCUT2D eigenvalue weighted by Gasteiger charge is -2.35. The number of morpholine rings is 1. The third-order valence-corrected chi connectivity index (χ3v) is 8.15. The number of carbonyl (C=O) groups is 2. The number of thiophene rings is 1. The molecule has 1 aliphatic rings. The van der Waals surface area contributed by atoms with E-state index in [9.17, 15) is 19.2 Å². The van der Waals surface area contributed by atoms with E-state index >= 15 is 0 Å². The van der Waals surface area contributed by atoms with Crippen molar-refractivity contribution in [3.8, 4) is 5.75 Å². The van der Waals surface area contributed by atoms with Gasteiger partial charge in [0.25, 0.3) is 5.56 Å². The van der Waals surface area contributed by atoms with Crippen molar-refractivity contribution in [1.29, 1.82) is 0 Å². The molecule has 1 aliphatic heterocycles. The number of benzene rings is 1. The van der Waals surface area contributed by atoms with Gasteiger partial charge >= 0.3 is 11.7 Å². The van der Waals surface area contributed by atoms with Crippen LogP contribution in [0.3, 0.4) is 0 Å². The molecule has 1 saturated heterocycles. The number of esters is 1. The van der Waals surface area contributed by atoms with Gasteiger partial charge in [-0.2, -0.15) is 0 Å². The molecular formula is C30H41N3O8S. The van der Waals surface area contributed by atoms with Crippen LogP contribution in [0, 0.1) is 6.92 Å². The Balaban J connectivity index is 0.00000114. The van der Waals surface area contributed by atoms with Gasteiger partial charge in [0.05, 0.1) is 32.3 Å². The molecule has 2 aromatic heterocycles. The highest BCUT2D eigenvalue weighted by atomic mass is 32.1. The molecule has 0 aliphatic carbocycles. The molecule has 4 rings (SSSR count). The Kier molecular flexibility index (Phi) is 11.1. The van der Waals surface area contributed by atoms with Gasteiger partial charge in [0.15, 0.2) is 0 Å². The second-order valence-corrected chi connectivity index (χ2v) is 11.6. The molecule has 0 unspecified atom stereocenters. The number of hydrogen-bond acceptors (Lipinski definition) is 9. The number of rotatable bonds is 8. The third-order valence-electron chi connectivity index (χ3n) is 6.85. The first kappa shape index (κ1) is 33.0. The van der Waals surface area contributed by atoms with Gasteiger partial charge in [-0.1, -0.05) is 18.2 Å². The Hall–Kier alpha value is -3.48. The number of nitrogens with zero attached hydrogens (tertiary/aromatic N) is 3. The van der Waals surface area contributed by atoms with Crippen molar-refractivity contribution in [3.63, 3.8) is 0 Å². The van der Waals surface area contributed by atoms with Gasteiger partial charge in [-0.15, -0.1) is 11.3 Å². The fraction of sp³-hybridized carbons (Fsp3) is 0.533. The van der Waals surface area contributed by atoms with Crippen molar-refractivity contribution < 1.29 is 28.9 Å². The molecule has 11 nitrogen and oxygen atoms in total. The number of ether oxygens (including phenoxy) is 3. The largest absolute Gasteiger partial charge is 0.496 e. The first-order valence-electron chi connectivity index (χ1n) is 14.0. The Morgan fingerprint density at radius 1 is 1.14 bits per heavy atom. The van der Waals surface area contributed by atoms with Crippen LogP contribution in [0.4, 0.5) is 0 Å². The van der Waals surface area contributed by atoms with Crippen LogP contribution in [0.25, 0.3) is 10.2 Å². The zero-order chi connectivity index (χ0) is 31.2. The summed E-state index contributed by atoms with van der Waals surface area (Å²) in [6.45, 7) is 11.9. The molecular weight excluding hydrogens is 562 g/mol. The maximum absolute atomic E-state index is 14.0. The lowest BCUT2D eigenvalue weighted by molar-refractivity contribution is -0.143. The van der Waals surface area contributed by atoms with Crippen LogP contribution in [-0.2, 0) is 32.8 Å². The van der Waals surface area contributed by atoms with E-state index in [0.29, 0.717) is 48.9 Å². The van der Waals surface area contributed by atoms with Crippen LogP contribution >= 0.6 is 11.3 Å². The molecule has 1 amide bonds. The van der Waals surface area contributed by atoms with Gasteiger partial charge in [-0.05, 0) is 65.2 Å². The minimum atomic E-state index is -1.47. The first-order valence-corrected chi connectivity index (χ1v) is 14.8. The SMILES string of the molecule is CC(C)O.CCOC(=O)c1sc2c(c1C)c(=O)n(C(C)(C)C(=O)N1CCOCC1)c(=O)n2CCc1ccccc1OC. The van der Waals surface area contributed by atoms with Gasteiger partial charge < -0.3 is 24.2 Å². The molecule has 1 N–H and O–H groups in total. The van der Waals surface area contributed by atoms with Crippen LogP contribution in [0.5, 0.6) is 5.75 Å². The lowest BCUT2D eigenvalue weighted by Crippen LogP contribution is -2.58. The summed E-state index contributed by atoms with van der Waals surface area (Å²) in [5.41, 5.74) is -1.36. The average Bonchev–Trinajstić information content (AvgIpc) is 3.30. The monoisotopic (exact) mass is 603 g/mol. The van der Waals surface area contributed by atoms with Crippen LogP contribution < -0.4 is 16.0 Å². The zero-order valence-electron chi connectivity index (χ0n) is 25.4. The molecule has 0 atom stereocenters. The van der Waals surface area contributed by atoms with E-state index in [1.165, 1.54) is 4.57 Å². The molecule has 1 fully saturated rings. The van der Waals surface area contributed by atoms with Gasteiger partial charge in [0.1, 0.15) is 21.0 Å². The minimum Gasteiger partial charge on any atom is -0.496 e. The average molecular weight is 604 g/mol. The highest BCUT2D eigenvalue weighted by Crippen LogP contribution is 2.30. The molecule has 1 aromatic carbocycles. The number of carbonyl (C=O) groups excluding carboxylic acids is 2.